The van der Waals surface area contributed by atoms with Crippen LogP contribution in [0.15, 0.2) is 62.2 Å². The first-order valence-corrected chi connectivity index (χ1v) is 9.85. The van der Waals surface area contributed by atoms with E-state index in [4.69, 9.17) is 23.7 Å². The van der Waals surface area contributed by atoms with Gasteiger partial charge in [0, 0.05) is 0 Å². The molecule has 0 unspecified atom stereocenters. The molecule has 1 fully saturated rings. The van der Waals surface area contributed by atoms with E-state index in [1.165, 1.54) is 0 Å². The lowest BCUT2D eigenvalue weighted by Gasteiger charge is -2.46. The fraction of sp³-hybridized carbons (Fsp3) is 0.478. The Labute approximate surface area is 178 Å². The summed E-state index contributed by atoms with van der Waals surface area (Å²) >= 11 is 0. The van der Waals surface area contributed by atoms with Crippen LogP contribution in [-0.2, 0) is 25.6 Å². The summed E-state index contributed by atoms with van der Waals surface area (Å²) in [5, 5.41) is 21.8. The molecule has 0 radical (unpaired) electrons. The Morgan fingerprint density at radius 1 is 0.733 bits per heavy atom. The molecule has 2 N–H and O–H groups in total. The van der Waals surface area contributed by atoms with Gasteiger partial charge in [-0.15, -0.1) is 19.7 Å². The topological polar surface area (TPSA) is 86.6 Å². The van der Waals surface area contributed by atoms with E-state index in [2.05, 4.69) is 19.7 Å². The van der Waals surface area contributed by atoms with Crippen LogP contribution in [0.4, 0.5) is 0 Å². The third kappa shape index (κ3) is 6.25. The summed E-state index contributed by atoms with van der Waals surface area (Å²) in [6, 6.07) is 7.41. The highest BCUT2D eigenvalue weighted by atomic mass is 16.6. The van der Waals surface area contributed by atoms with E-state index in [1.807, 2.05) is 24.3 Å². The summed E-state index contributed by atoms with van der Waals surface area (Å²) < 4.78 is 28.5. The van der Waals surface area contributed by atoms with E-state index >= 15 is 0 Å². The van der Waals surface area contributed by atoms with E-state index in [0.717, 1.165) is 11.3 Å². The number of rotatable bonds is 13. The van der Waals surface area contributed by atoms with Gasteiger partial charge in [0.1, 0.15) is 42.4 Å². The van der Waals surface area contributed by atoms with Gasteiger partial charge in [0.05, 0.1) is 33.5 Å². The fourth-order valence-electron chi connectivity index (χ4n) is 3.38. The molecule has 6 atom stereocenters. The van der Waals surface area contributed by atoms with Gasteiger partial charge in [-0.1, -0.05) is 30.4 Å². The molecule has 0 bridgehead atoms. The van der Waals surface area contributed by atoms with Crippen LogP contribution in [0.5, 0.6) is 5.75 Å². The summed E-state index contributed by atoms with van der Waals surface area (Å²) in [7, 11) is 1.60. The molecule has 1 saturated carbocycles. The van der Waals surface area contributed by atoms with Crippen LogP contribution in [-0.4, -0.2) is 73.8 Å². The maximum absolute atomic E-state index is 11.0. The van der Waals surface area contributed by atoms with Gasteiger partial charge in [0.25, 0.3) is 0 Å². The number of aliphatic hydroxyl groups excluding tert-OH is 2. The number of benzene rings is 1. The lowest BCUT2D eigenvalue weighted by atomic mass is 9.84. The van der Waals surface area contributed by atoms with Crippen molar-refractivity contribution in [2.45, 2.75) is 43.2 Å². The molecule has 0 amide bonds. The molecule has 0 aliphatic heterocycles. The van der Waals surface area contributed by atoms with Gasteiger partial charge in [0.15, 0.2) is 0 Å². The highest BCUT2D eigenvalue weighted by Crippen LogP contribution is 2.31. The van der Waals surface area contributed by atoms with Crippen LogP contribution >= 0.6 is 0 Å². The Bertz CT molecular complexity index is 660. The Kier molecular flexibility index (Phi) is 10.2. The van der Waals surface area contributed by atoms with Crippen molar-refractivity contribution in [1.82, 2.24) is 0 Å². The van der Waals surface area contributed by atoms with Gasteiger partial charge in [-0.3, -0.25) is 0 Å². The minimum atomic E-state index is -1.14. The van der Waals surface area contributed by atoms with Gasteiger partial charge in [-0.05, 0) is 17.7 Å². The van der Waals surface area contributed by atoms with E-state index in [0.29, 0.717) is 0 Å². The second-order valence-corrected chi connectivity index (χ2v) is 6.86. The summed E-state index contributed by atoms with van der Waals surface area (Å²) in [5.74, 6) is 0.738. The molecule has 1 aliphatic carbocycles. The molecule has 1 aromatic carbocycles. The largest absolute Gasteiger partial charge is 0.497 e. The summed E-state index contributed by atoms with van der Waals surface area (Å²) in [4.78, 5) is 0. The number of ether oxygens (including phenoxy) is 5. The Morgan fingerprint density at radius 3 is 1.70 bits per heavy atom. The summed E-state index contributed by atoms with van der Waals surface area (Å²) in [5.41, 5.74) is 0.892. The van der Waals surface area contributed by atoms with Crippen LogP contribution in [0.3, 0.4) is 0 Å². The lowest BCUT2D eigenvalue weighted by molar-refractivity contribution is -0.262. The quantitative estimate of drug-likeness (QED) is 0.472. The molecule has 2 rings (SSSR count). The average Bonchev–Trinajstić information content (AvgIpc) is 2.77. The third-order valence-corrected chi connectivity index (χ3v) is 4.82. The van der Waals surface area contributed by atoms with E-state index in [9.17, 15) is 10.2 Å². The molecule has 30 heavy (non-hydrogen) atoms. The van der Waals surface area contributed by atoms with Crippen LogP contribution in [0.2, 0.25) is 0 Å². The van der Waals surface area contributed by atoms with Crippen molar-refractivity contribution in [1.29, 1.82) is 0 Å². The van der Waals surface area contributed by atoms with E-state index in [1.54, 1.807) is 25.3 Å². The van der Waals surface area contributed by atoms with E-state index < -0.39 is 36.6 Å². The second-order valence-electron chi connectivity index (χ2n) is 6.86. The molecule has 7 heteroatoms. The minimum absolute atomic E-state index is 0.163. The molecule has 1 aliphatic rings. The average molecular weight is 421 g/mol. The number of hydrogen-bond acceptors (Lipinski definition) is 7. The zero-order valence-corrected chi connectivity index (χ0v) is 17.4. The maximum Gasteiger partial charge on any atom is 0.118 e. The molecule has 0 aromatic heterocycles. The van der Waals surface area contributed by atoms with Crippen molar-refractivity contribution in [3.63, 3.8) is 0 Å². The van der Waals surface area contributed by atoms with Crippen molar-refractivity contribution < 1.29 is 33.9 Å². The Hall–Kier alpha value is -2.00. The van der Waals surface area contributed by atoms with Crippen molar-refractivity contribution in [3.05, 3.63) is 67.8 Å². The van der Waals surface area contributed by atoms with Gasteiger partial charge >= 0.3 is 0 Å². The fourth-order valence-corrected chi connectivity index (χ4v) is 3.38. The first-order chi connectivity index (χ1) is 14.6. The highest BCUT2D eigenvalue weighted by molar-refractivity contribution is 5.26. The van der Waals surface area contributed by atoms with Gasteiger partial charge in [-0.25, -0.2) is 0 Å². The monoisotopic (exact) mass is 420 g/mol. The molecule has 0 saturated heterocycles. The molecule has 0 spiro atoms. The lowest BCUT2D eigenvalue weighted by Crippen LogP contribution is -2.66. The van der Waals surface area contributed by atoms with Crippen LogP contribution < -0.4 is 4.74 Å². The zero-order valence-electron chi connectivity index (χ0n) is 17.4. The Balaban J connectivity index is 2.24. The molecule has 1 aromatic rings. The van der Waals surface area contributed by atoms with Gasteiger partial charge in [0.2, 0.25) is 0 Å². The van der Waals surface area contributed by atoms with E-state index in [-0.39, 0.29) is 26.4 Å². The SMILES string of the molecule is C=CCO[C@H]1[C@@H](O)[C@@H](OCc2ccc(OC)cc2)[C@H](OCC=C)[C@@H](OCC=C)[C@@H]1O. The van der Waals surface area contributed by atoms with Crippen LogP contribution in [0.25, 0.3) is 0 Å². The number of hydrogen-bond donors (Lipinski definition) is 2. The van der Waals surface area contributed by atoms with Crippen molar-refractivity contribution in [3.8, 4) is 5.75 Å². The summed E-state index contributed by atoms with van der Waals surface area (Å²) in [6.07, 6.45) is -0.822. The molecule has 7 nitrogen and oxygen atoms in total. The second kappa shape index (κ2) is 12.6. The van der Waals surface area contributed by atoms with Gasteiger partial charge in [-0.2, -0.15) is 0 Å². The van der Waals surface area contributed by atoms with Crippen LogP contribution in [0.1, 0.15) is 5.56 Å². The molecule has 0 heterocycles. The minimum Gasteiger partial charge on any atom is -0.497 e. The zero-order chi connectivity index (χ0) is 21.9. The number of methoxy groups -OCH3 is 1. The summed E-state index contributed by atoms with van der Waals surface area (Å²) in [6.45, 7) is 11.7. The predicted molar refractivity (Wildman–Crippen MR) is 113 cm³/mol. The van der Waals surface area contributed by atoms with Crippen molar-refractivity contribution >= 4 is 0 Å². The van der Waals surface area contributed by atoms with Gasteiger partial charge < -0.3 is 33.9 Å². The predicted octanol–water partition coefficient (Wildman–Crippen LogP) is 2.03. The Morgan fingerprint density at radius 2 is 1.20 bits per heavy atom. The molecule has 166 valence electrons. The first kappa shape index (κ1) is 24.3. The smallest absolute Gasteiger partial charge is 0.118 e. The number of aliphatic hydroxyl groups is 2. The molecular formula is C23H32O7. The standard InChI is InChI=1S/C23H32O7/c1-5-12-27-20-18(24)21(28-13-6-2)23(29-14-7-3)22(19(20)25)30-15-16-8-10-17(26-4)11-9-16/h5-11,18-25H,1-3,12-15H2,4H3/t18-,19-,20-,21+,22-,23-/m1/s1. The van der Waals surface area contributed by atoms with Crippen molar-refractivity contribution in [2.75, 3.05) is 26.9 Å². The maximum atomic E-state index is 11.0. The molecular weight excluding hydrogens is 388 g/mol. The van der Waals surface area contributed by atoms with Crippen molar-refractivity contribution in [2.24, 2.45) is 0 Å². The highest BCUT2D eigenvalue weighted by Gasteiger charge is 2.52. The first-order valence-electron chi connectivity index (χ1n) is 9.85. The third-order valence-electron chi connectivity index (χ3n) is 4.82. The normalized spacial score (nSPS) is 28.6. The van der Waals surface area contributed by atoms with Crippen LogP contribution in [0, 0.1) is 0 Å².